The molecule has 0 aliphatic heterocycles. The molecule has 0 aliphatic rings. The van der Waals surface area contributed by atoms with Gasteiger partial charge in [0.05, 0.1) is 24.5 Å². The van der Waals surface area contributed by atoms with Crippen LogP contribution in [-0.2, 0) is 0 Å². The van der Waals surface area contributed by atoms with Crippen LogP contribution in [0.15, 0.2) is 48.7 Å². The number of fused-ring (bicyclic) bond motifs is 1. The number of ether oxygens (including phenoxy) is 1. The van der Waals surface area contributed by atoms with Crippen molar-refractivity contribution >= 4 is 10.9 Å². The van der Waals surface area contributed by atoms with E-state index in [1.807, 2.05) is 60.3 Å². The van der Waals surface area contributed by atoms with Gasteiger partial charge in [-0.15, -0.1) is 0 Å². The third-order valence-electron chi connectivity index (χ3n) is 3.42. The number of rotatable bonds is 3. The Balaban J connectivity index is 2.29. The second kappa shape index (κ2) is 4.98. The molecule has 0 aliphatic carbocycles. The van der Waals surface area contributed by atoms with E-state index < -0.39 is 0 Å². The average molecular weight is 267 g/mol. The van der Waals surface area contributed by atoms with Crippen molar-refractivity contribution in [3.05, 3.63) is 54.2 Å². The van der Waals surface area contributed by atoms with Gasteiger partial charge in [-0.05, 0) is 25.1 Å². The Morgan fingerprint density at radius 3 is 2.70 bits per heavy atom. The molecule has 3 aromatic rings. The number of methoxy groups -OCH3 is 1. The zero-order chi connectivity index (χ0) is 14.1. The quantitative estimate of drug-likeness (QED) is 0.793. The molecule has 0 spiro atoms. The van der Waals surface area contributed by atoms with Crippen LogP contribution in [0, 0.1) is 0 Å². The highest BCUT2D eigenvalue weighted by molar-refractivity contribution is 5.80. The fraction of sp³-hybridized carbons (Fsp3) is 0.188. The van der Waals surface area contributed by atoms with E-state index in [1.54, 1.807) is 7.11 Å². The molecule has 3 rings (SSSR count). The third kappa shape index (κ3) is 1.94. The highest BCUT2D eigenvalue weighted by Crippen LogP contribution is 2.31. The minimum atomic E-state index is -0.135. The van der Waals surface area contributed by atoms with Gasteiger partial charge in [0.2, 0.25) is 0 Å². The maximum atomic E-state index is 6.12. The van der Waals surface area contributed by atoms with Crippen molar-refractivity contribution in [2.75, 3.05) is 7.11 Å². The summed E-state index contributed by atoms with van der Waals surface area (Å²) < 4.78 is 7.35. The van der Waals surface area contributed by atoms with Crippen molar-refractivity contribution in [1.82, 2.24) is 9.78 Å². The van der Waals surface area contributed by atoms with Gasteiger partial charge in [-0.1, -0.05) is 24.3 Å². The Hall–Kier alpha value is -2.33. The van der Waals surface area contributed by atoms with Gasteiger partial charge in [-0.2, -0.15) is 5.10 Å². The van der Waals surface area contributed by atoms with E-state index in [2.05, 4.69) is 5.10 Å². The molecule has 4 heteroatoms. The maximum Gasteiger partial charge on any atom is 0.125 e. The molecule has 0 saturated heterocycles. The summed E-state index contributed by atoms with van der Waals surface area (Å²) in [4.78, 5) is 0. The third-order valence-corrected chi connectivity index (χ3v) is 3.42. The van der Waals surface area contributed by atoms with E-state index in [0.717, 1.165) is 27.9 Å². The highest BCUT2D eigenvalue weighted by Gasteiger charge is 2.16. The van der Waals surface area contributed by atoms with Crippen LogP contribution in [0.3, 0.4) is 0 Å². The molecular weight excluding hydrogens is 250 g/mol. The summed E-state index contributed by atoms with van der Waals surface area (Å²) in [6, 6.07) is 13.9. The summed E-state index contributed by atoms with van der Waals surface area (Å²) in [7, 11) is 1.66. The Bertz CT molecular complexity index is 746. The van der Waals surface area contributed by atoms with Crippen molar-refractivity contribution in [1.29, 1.82) is 0 Å². The van der Waals surface area contributed by atoms with Gasteiger partial charge in [-0.3, -0.25) is 0 Å². The zero-order valence-electron chi connectivity index (χ0n) is 11.6. The van der Waals surface area contributed by atoms with E-state index in [1.165, 1.54) is 0 Å². The summed E-state index contributed by atoms with van der Waals surface area (Å²) in [5, 5.41) is 5.59. The molecule has 20 heavy (non-hydrogen) atoms. The standard InChI is InChI=1S/C16H17N3O/c1-11(17)16-14(8-5-9-15(16)20-2)19-13-7-4-3-6-12(13)10-18-19/h3-11H,17H2,1-2H3/t11-/m0/s1. The SMILES string of the molecule is COc1cccc(-n2ncc3ccccc32)c1[C@H](C)N. The summed E-state index contributed by atoms with van der Waals surface area (Å²) in [5.41, 5.74) is 9.10. The fourth-order valence-corrected chi connectivity index (χ4v) is 2.52. The number of nitrogens with two attached hydrogens (primary N) is 1. The predicted octanol–water partition coefficient (Wildman–Crippen LogP) is 3.05. The van der Waals surface area contributed by atoms with Crippen molar-refractivity contribution in [3.8, 4) is 11.4 Å². The van der Waals surface area contributed by atoms with Gasteiger partial charge >= 0.3 is 0 Å². The minimum absolute atomic E-state index is 0.135. The Morgan fingerprint density at radius 1 is 1.15 bits per heavy atom. The molecule has 1 heterocycles. The number of hydrogen-bond acceptors (Lipinski definition) is 3. The second-order valence-electron chi connectivity index (χ2n) is 4.80. The lowest BCUT2D eigenvalue weighted by molar-refractivity contribution is 0.406. The lowest BCUT2D eigenvalue weighted by Gasteiger charge is -2.17. The normalized spacial score (nSPS) is 12.6. The summed E-state index contributed by atoms with van der Waals surface area (Å²) in [6.45, 7) is 1.95. The lowest BCUT2D eigenvalue weighted by atomic mass is 10.1. The first-order valence-corrected chi connectivity index (χ1v) is 6.58. The molecule has 0 fully saturated rings. The largest absolute Gasteiger partial charge is 0.496 e. The number of aromatic nitrogens is 2. The molecule has 0 unspecified atom stereocenters. The minimum Gasteiger partial charge on any atom is -0.496 e. The van der Waals surface area contributed by atoms with Crippen molar-refractivity contribution < 1.29 is 4.74 Å². The molecule has 0 radical (unpaired) electrons. The number of benzene rings is 2. The van der Waals surface area contributed by atoms with Gasteiger partial charge in [-0.25, -0.2) is 4.68 Å². The van der Waals surface area contributed by atoms with Crippen LogP contribution in [0.4, 0.5) is 0 Å². The number of nitrogens with zero attached hydrogens (tertiary/aromatic N) is 2. The van der Waals surface area contributed by atoms with Crippen LogP contribution in [0.2, 0.25) is 0 Å². The number of para-hydroxylation sites is 1. The molecule has 0 amide bonds. The van der Waals surface area contributed by atoms with Crippen LogP contribution >= 0.6 is 0 Å². The van der Waals surface area contributed by atoms with Crippen molar-refractivity contribution in [2.45, 2.75) is 13.0 Å². The second-order valence-corrected chi connectivity index (χ2v) is 4.80. The van der Waals surface area contributed by atoms with Crippen molar-refractivity contribution in [2.24, 2.45) is 5.73 Å². The van der Waals surface area contributed by atoms with Gasteiger partial charge < -0.3 is 10.5 Å². The van der Waals surface area contributed by atoms with Gasteiger partial charge in [0.1, 0.15) is 5.75 Å². The first kappa shape index (κ1) is 12.7. The van der Waals surface area contributed by atoms with Crippen LogP contribution < -0.4 is 10.5 Å². The van der Waals surface area contributed by atoms with E-state index in [0.29, 0.717) is 0 Å². The molecule has 1 aromatic heterocycles. The lowest BCUT2D eigenvalue weighted by Crippen LogP contribution is -2.12. The Kier molecular flexibility index (Phi) is 3.16. The molecule has 1 atom stereocenters. The highest BCUT2D eigenvalue weighted by atomic mass is 16.5. The van der Waals surface area contributed by atoms with Crippen LogP contribution in [0.5, 0.6) is 5.75 Å². The van der Waals surface area contributed by atoms with E-state index in [-0.39, 0.29) is 6.04 Å². The molecular formula is C16H17N3O. The maximum absolute atomic E-state index is 6.12. The molecule has 2 aromatic carbocycles. The zero-order valence-corrected chi connectivity index (χ0v) is 11.6. The smallest absolute Gasteiger partial charge is 0.125 e. The van der Waals surface area contributed by atoms with Gasteiger partial charge in [0.15, 0.2) is 0 Å². The topological polar surface area (TPSA) is 53.1 Å². The number of hydrogen-bond donors (Lipinski definition) is 1. The van der Waals surface area contributed by atoms with Crippen LogP contribution in [-0.4, -0.2) is 16.9 Å². The summed E-state index contributed by atoms with van der Waals surface area (Å²) >= 11 is 0. The summed E-state index contributed by atoms with van der Waals surface area (Å²) in [5.74, 6) is 0.789. The summed E-state index contributed by atoms with van der Waals surface area (Å²) in [6.07, 6.45) is 1.86. The predicted molar refractivity (Wildman–Crippen MR) is 80.2 cm³/mol. The van der Waals surface area contributed by atoms with Crippen molar-refractivity contribution in [3.63, 3.8) is 0 Å². The Morgan fingerprint density at radius 2 is 1.95 bits per heavy atom. The van der Waals surface area contributed by atoms with E-state index in [4.69, 9.17) is 10.5 Å². The van der Waals surface area contributed by atoms with E-state index >= 15 is 0 Å². The van der Waals surface area contributed by atoms with Crippen LogP contribution in [0.1, 0.15) is 18.5 Å². The molecule has 0 bridgehead atoms. The average Bonchev–Trinajstić information content (AvgIpc) is 2.90. The Labute approximate surface area is 117 Å². The molecule has 2 N–H and O–H groups in total. The first-order valence-electron chi connectivity index (χ1n) is 6.58. The molecule has 102 valence electrons. The molecule has 4 nitrogen and oxygen atoms in total. The van der Waals surface area contributed by atoms with E-state index in [9.17, 15) is 0 Å². The fourth-order valence-electron chi connectivity index (χ4n) is 2.52. The van der Waals surface area contributed by atoms with Gasteiger partial charge in [0.25, 0.3) is 0 Å². The van der Waals surface area contributed by atoms with Gasteiger partial charge in [0, 0.05) is 17.0 Å². The monoisotopic (exact) mass is 267 g/mol. The first-order chi connectivity index (χ1) is 9.72. The molecule has 0 saturated carbocycles. The van der Waals surface area contributed by atoms with Crippen LogP contribution in [0.25, 0.3) is 16.6 Å².